The SMILES string of the molecule is Cc1cc(-c2ncnc3[nH]c4cc(N5CCN(C6CN(C7CN(c8ccc(N9CCC(=O)NC9=O)cc8)C7)C6)CC5)ccc4c23)ccc1C(C)NC(=O)c1nc(C2(C)CC2)no1. The summed E-state index contributed by atoms with van der Waals surface area (Å²) in [6, 6.07) is 21.6. The van der Waals surface area contributed by atoms with Crippen LogP contribution in [-0.2, 0) is 10.2 Å². The Morgan fingerprint density at radius 3 is 2.34 bits per heavy atom. The van der Waals surface area contributed by atoms with Gasteiger partial charge in [-0.2, -0.15) is 4.98 Å². The standard InChI is InChI=1S/C46H50N12O4/c1-27-20-29(4-10-35(27)28(2)49-42(60)43-52-44(53-62-43)46(3)13-14-46)40-39-36-11-9-32(21-37(36)50-41(39)48-26-47-40)54-16-18-55(19-17-54)33-22-57(23-33)34-24-56(25-34)30-5-7-31(8-6-30)58-15-12-38(59)51-45(58)61/h4-11,20-21,26,28,33-34H,12-19,22-25H2,1-3H3,(H,49,60)(H,47,48,50)(H,51,59,61). The lowest BCUT2D eigenvalue weighted by molar-refractivity contribution is -0.120. The molecule has 3 N–H and O–H groups in total. The van der Waals surface area contributed by atoms with E-state index in [1.807, 2.05) is 19.1 Å². The van der Waals surface area contributed by atoms with E-state index >= 15 is 0 Å². The zero-order chi connectivity index (χ0) is 42.3. The molecule has 4 amide bonds. The monoisotopic (exact) mass is 834 g/mol. The van der Waals surface area contributed by atoms with E-state index in [9.17, 15) is 14.4 Å². The second kappa shape index (κ2) is 14.9. The second-order valence-corrected chi connectivity index (χ2v) is 18.0. The lowest BCUT2D eigenvalue weighted by Gasteiger charge is -2.55. The van der Waals surface area contributed by atoms with E-state index in [0.717, 1.165) is 115 Å². The first-order valence-corrected chi connectivity index (χ1v) is 21.8. The van der Waals surface area contributed by atoms with Crippen LogP contribution in [0.15, 0.2) is 71.5 Å². The molecule has 7 heterocycles. The zero-order valence-corrected chi connectivity index (χ0v) is 35.2. The Morgan fingerprint density at radius 2 is 1.60 bits per heavy atom. The van der Waals surface area contributed by atoms with Gasteiger partial charge in [0.05, 0.1) is 17.1 Å². The van der Waals surface area contributed by atoms with Gasteiger partial charge in [0.1, 0.15) is 12.0 Å². The molecule has 0 spiro atoms. The number of urea groups is 1. The van der Waals surface area contributed by atoms with Gasteiger partial charge in [-0.1, -0.05) is 30.3 Å². The maximum absolute atomic E-state index is 13.0. The summed E-state index contributed by atoms with van der Waals surface area (Å²) in [4.78, 5) is 65.9. The molecule has 62 heavy (non-hydrogen) atoms. The van der Waals surface area contributed by atoms with Crippen molar-refractivity contribution in [2.24, 2.45) is 0 Å². The van der Waals surface area contributed by atoms with Crippen LogP contribution in [0.1, 0.15) is 66.8 Å². The number of likely N-dealkylation sites (tertiary alicyclic amines) is 1. The number of amides is 4. The minimum Gasteiger partial charge on any atom is -0.369 e. The van der Waals surface area contributed by atoms with Gasteiger partial charge in [0.2, 0.25) is 5.91 Å². The van der Waals surface area contributed by atoms with Crippen molar-refractivity contribution in [2.45, 2.75) is 63.6 Å². The van der Waals surface area contributed by atoms with Gasteiger partial charge in [0.15, 0.2) is 5.82 Å². The number of aromatic amines is 1. The highest BCUT2D eigenvalue weighted by Crippen LogP contribution is 2.46. The van der Waals surface area contributed by atoms with Crippen LogP contribution in [0, 0.1) is 6.92 Å². The summed E-state index contributed by atoms with van der Waals surface area (Å²) in [7, 11) is 0. The van der Waals surface area contributed by atoms with Gasteiger partial charge in [-0.3, -0.25) is 29.6 Å². The van der Waals surface area contributed by atoms with Gasteiger partial charge in [-0.25, -0.2) is 14.8 Å². The third-order valence-electron chi connectivity index (χ3n) is 13.9. The summed E-state index contributed by atoms with van der Waals surface area (Å²) in [5.74, 6) is 0.00358. The number of carbonyl (C=O) groups excluding carboxylic acids is 3. The molecule has 6 aromatic rings. The Balaban J connectivity index is 0.687. The van der Waals surface area contributed by atoms with Gasteiger partial charge >= 0.3 is 17.8 Å². The Hall–Kier alpha value is -6.39. The molecule has 1 aliphatic carbocycles. The number of anilines is 3. The Labute approximate surface area is 358 Å². The largest absolute Gasteiger partial charge is 0.369 e. The molecular weight excluding hydrogens is 785 g/mol. The van der Waals surface area contributed by atoms with Crippen molar-refractivity contribution in [2.75, 3.05) is 73.6 Å². The molecule has 5 aliphatic rings. The number of H-pyrrole nitrogens is 1. The molecule has 1 saturated carbocycles. The van der Waals surface area contributed by atoms with Crippen molar-refractivity contribution in [3.8, 4) is 11.3 Å². The van der Waals surface area contributed by atoms with E-state index in [-0.39, 0.29) is 35.2 Å². The van der Waals surface area contributed by atoms with Gasteiger partial charge < -0.3 is 24.6 Å². The fourth-order valence-corrected chi connectivity index (χ4v) is 9.66. The summed E-state index contributed by atoms with van der Waals surface area (Å²) in [6.45, 7) is 14.8. The van der Waals surface area contributed by atoms with Gasteiger partial charge in [-0.15, -0.1) is 0 Å². The normalized spacial score (nSPS) is 20.3. The Bertz CT molecular complexity index is 2720. The van der Waals surface area contributed by atoms with E-state index < -0.39 is 0 Å². The van der Waals surface area contributed by atoms with Crippen LogP contribution in [0.3, 0.4) is 0 Å². The lowest BCUT2D eigenvalue weighted by atomic mass is 9.97. The average molecular weight is 835 g/mol. The van der Waals surface area contributed by atoms with E-state index in [2.05, 4.69) is 113 Å². The first kappa shape index (κ1) is 38.5. The lowest BCUT2D eigenvalue weighted by Crippen LogP contribution is -2.71. The van der Waals surface area contributed by atoms with Gasteiger partial charge in [-0.05, 0) is 80.3 Å². The van der Waals surface area contributed by atoms with Crippen LogP contribution in [0.2, 0.25) is 0 Å². The molecule has 1 unspecified atom stereocenters. The number of aromatic nitrogens is 5. The highest BCUT2D eigenvalue weighted by atomic mass is 16.5. The van der Waals surface area contributed by atoms with E-state index in [0.29, 0.717) is 30.9 Å². The highest BCUT2D eigenvalue weighted by molar-refractivity contribution is 6.12. The average Bonchev–Trinajstić information content (AvgIpc) is 3.61. The van der Waals surface area contributed by atoms with Crippen LogP contribution in [0.4, 0.5) is 21.9 Å². The van der Waals surface area contributed by atoms with Crippen molar-refractivity contribution >= 4 is 56.8 Å². The molecule has 5 fully saturated rings. The predicted molar refractivity (Wildman–Crippen MR) is 235 cm³/mol. The molecule has 11 rings (SSSR count). The number of piperazine rings is 1. The fraction of sp³-hybridized carbons (Fsp3) is 0.413. The summed E-state index contributed by atoms with van der Waals surface area (Å²) in [6.07, 6.45) is 3.95. The van der Waals surface area contributed by atoms with Crippen molar-refractivity contribution in [3.63, 3.8) is 0 Å². The maximum atomic E-state index is 13.0. The molecule has 3 aromatic heterocycles. The third kappa shape index (κ3) is 6.90. The van der Waals surface area contributed by atoms with Crippen LogP contribution >= 0.6 is 0 Å². The first-order valence-electron chi connectivity index (χ1n) is 21.8. The number of benzene rings is 3. The van der Waals surface area contributed by atoms with Crippen molar-refractivity contribution < 1.29 is 18.9 Å². The molecular formula is C46H50N12O4. The molecule has 3 aromatic carbocycles. The molecule has 16 nitrogen and oxygen atoms in total. The fourth-order valence-electron chi connectivity index (χ4n) is 9.66. The van der Waals surface area contributed by atoms with Gasteiger partial charge in [0.25, 0.3) is 0 Å². The van der Waals surface area contributed by atoms with E-state index in [1.165, 1.54) is 11.4 Å². The quantitative estimate of drug-likeness (QED) is 0.166. The number of fused-ring (bicyclic) bond motifs is 3. The topological polar surface area (TPSA) is 172 Å². The highest BCUT2D eigenvalue weighted by Gasteiger charge is 2.44. The van der Waals surface area contributed by atoms with Crippen LogP contribution in [0.5, 0.6) is 0 Å². The Morgan fingerprint density at radius 1 is 0.855 bits per heavy atom. The number of hydrogen-bond donors (Lipinski definition) is 3. The molecule has 318 valence electrons. The number of aryl methyl sites for hydroxylation is 1. The molecule has 4 saturated heterocycles. The molecule has 4 aliphatic heterocycles. The maximum Gasteiger partial charge on any atom is 0.328 e. The molecule has 1 atom stereocenters. The molecule has 0 radical (unpaired) electrons. The predicted octanol–water partition coefficient (Wildman–Crippen LogP) is 5.15. The van der Waals surface area contributed by atoms with Crippen molar-refractivity contribution in [1.82, 2.24) is 45.5 Å². The summed E-state index contributed by atoms with van der Waals surface area (Å²) < 4.78 is 5.30. The zero-order valence-electron chi connectivity index (χ0n) is 35.2. The van der Waals surface area contributed by atoms with Crippen LogP contribution < -0.4 is 25.3 Å². The summed E-state index contributed by atoms with van der Waals surface area (Å²) >= 11 is 0. The number of rotatable bonds is 10. The number of nitrogens with one attached hydrogen (secondary N) is 3. The first-order chi connectivity index (χ1) is 30.1. The number of nitrogens with zero attached hydrogens (tertiary/aromatic N) is 9. The van der Waals surface area contributed by atoms with Crippen molar-refractivity contribution in [3.05, 3.63) is 89.8 Å². The smallest absolute Gasteiger partial charge is 0.328 e. The summed E-state index contributed by atoms with van der Waals surface area (Å²) in [5.41, 5.74) is 8.85. The number of imide groups is 1. The number of hydrogen-bond acceptors (Lipinski definition) is 12. The Kier molecular flexibility index (Phi) is 9.26. The number of carbonyl (C=O) groups is 3. The molecule has 0 bridgehead atoms. The van der Waals surface area contributed by atoms with Gasteiger partial charge in [0, 0.05) is 116 Å². The third-order valence-corrected chi connectivity index (χ3v) is 13.9. The van der Waals surface area contributed by atoms with E-state index in [4.69, 9.17) is 9.51 Å². The second-order valence-electron chi connectivity index (χ2n) is 18.0. The van der Waals surface area contributed by atoms with Crippen LogP contribution in [-0.4, -0.2) is 124 Å². The summed E-state index contributed by atoms with van der Waals surface area (Å²) in [5, 5.41) is 11.6. The minimum absolute atomic E-state index is 0.00342. The molecule has 16 heteroatoms. The van der Waals surface area contributed by atoms with E-state index in [1.54, 1.807) is 11.2 Å². The van der Waals surface area contributed by atoms with Crippen molar-refractivity contribution in [1.29, 1.82) is 0 Å². The minimum atomic E-state index is -0.376. The van der Waals surface area contributed by atoms with Crippen LogP contribution in [0.25, 0.3) is 33.2 Å².